The molecule has 0 saturated carbocycles. The Balaban J connectivity index is 1.96. The maximum Gasteiger partial charge on any atom is 0.330 e. The van der Waals surface area contributed by atoms with Crippen LogP contribution in [0.15, 0.2) is 46.1 Å². The normalized spacial score (nSPS) is 15.7. The minimum Gasteiger partial charge on any atom is -0.376 e. The molecule has 1 amide bonds. The largest absolute Gasteiger partial charge is 0.376 e. The van der Waals surface area contributed by atoms with E-state index in [1.165, 1.54) is 24.9 Å². The molecule has 120 valence electrons. The van der Waals surface area contributed by atoms with Crippen molar-refractivity contribution in [2.24, 2.45) is 14.1 Å². The van der Waals surface area contributed by atoms with E-state index in [-0.39, 0.29) is 5.56 Å². The Morgan fingerprint density at radius 1 is 1.17 bits per heavy atom. The number of amides is 1. The number of nitrogens with one attached hydrogen (secondary N) is 1. The second kappa shape index (κ2) is 5.51. The molecule has 1 fully saturated rings. The van der Waals surface area contributed by atoms with Crippen molar-refractivity contribution < 1.29 is 9.53 Å². The minimum atomic E-state index is -0.641. The molecule has 0 spiro atoms. The fraction of sp³-hybridized carbons (Fsp3) is 0.312. The molecule has 0 unspecified atom stereocenters. The van der Waals surface area contributed by atoms with E-state index in [4.69, 9.17) is 4.74 Å². The first-order valence-electron chi connectivity index (χ1n) is 7.17. The fourth-order valence-electron chi connectivity index (χ4n) is 2.62. The van der Waals surface area contributed by atoms with Crippen molar-refractivity contribution in [3.05, 3.63) is 68.5 Å². The van der Waals surface area contributed by atoms with E-state index in [0.29, 0.717) is 13.2 Å². The second-order valence-electron chi connectivity index (χ2n) is 5.70. The van der Waals surface area contributed by atoms with Crippen LogP contribution in [0.4, 0.5) is 0 Å². The Bertz CT molecular complexity index is 863. The number of hydrogen-bond donors (Lipinski definition) is 1. The van der Waals surface area contributed by atoms with Gasteiger partial charge in [-0.05, 0) is 5.56 Å². The number of hydrogen-bond acceptors (Lipinski definition) is 4. The Morgan fingerprint density at radius 2 is 1.83 bits per heavy atom. The van der Waals surface area contributed by atoms with Gasteiger partial charge in [0.15, 0.2) is 0 Å². The smallest absolute Gasteiger partial charge is 0.330 e. The van der Waals surface area contributed by atoms with Crippen molar-refractivity contribution in [2.45, 2.75) is 5.54 Å². The quantitative estimate of drug-likeness (QED) is 0.846. The lowest BCUT2D eigenvalue weighted by Gasteiger charge is -2.42. The zero-order chi connectivity index (χ0) is 16.6. The van der Waals surface area contributed by atoms with Gasteiger partial charge in [0, 0.05) is 20.3 Å². The van der Waals surface area contributed by atoms with E-state index in [1.807, 2.05) is 30.3 Å². The SMILES string of the molecule is Cn1cc(C(=O)NC2(c3ccccc3)COC2)c(=O)n(C)c1=O. The molecule has 3 rings (SSSR count). The zero-order valence-corrected chi connectivity index (χ0v) is 12.9. The highest BCUT2D eigenvalue weighted by Gasteiger charge is 2.42. The monoisotopic (exact) mass is 315 g/mol. The number of rotatable bonds is 3. The first kappa shape index (κ1) is 15.2. The summed E-state index contributed by atoms with van der Waals surface area (Å²) in [6.07, 6.45) is 1.26. The molecule has 2 aromatic rings. The molecule has 1 N–H and O–H groups in total. The molecule has 0 atom stereocenters. The van der Waals surface area contributed by atoms with Gasteiger partial charge in [0.05, 0.1) is 13.2 Å². The number of carbonyl (C=O) groups excluding carboxylic acids is 1. The van der Waals surface area contributed by atoms with Gasteiger partial charge in [0.2, 0.25) is 0 Å². The average molecular weight is 315 g/mol. The molecule has 0 radical (unpaired) electrons. The standard InChI is InChI=1S/C16H17N3O4/c1-18-8-12(14(21)19(2)15(18)22)13(20)17-16(9-23-10-16)11-6-4-3-5-7-11/h3-8H,9-10H2,1-2H3,(H,17,20). The Kier molecular flexibility index (Phi) is 3.65. The fourth-order valence-corrected chi connectivity index (χ4v) is 2.62. The molecular weight excluding hydrogens is 298 g/mol. The van der Waals surface area contributed by atoms with Gasteiger partial charge in [-0.15, -0.1) is 0 Å². The maximum atomic E-state index is 12.6. The zero-order valence-electron chi connectivity index (χ0n) is 12.9. The lowest BCUT2D eigenvalue weighted by atomic mass is 9.87. The number of aryl methyl sites for hydroxylation is 1. The minimum absolute atomic E-state index is 0.0724. The third-order valence-electron chi connectivity index (χ3n) is 4.07. The van der Waals surface area contributed by atoms with E-state index >= 15 is 0 Å². The second-order valence-corrected chi connectivity index (χ2v) is 5.70. The topological polar surface area (TPSA) is 82.3 Å². The summed E-state index contributed by atoms with van der Waals surface area (Å²) in [7, 11) is 2.85. The third kappa shape index (κ3) is 2.49. The Morgan fingerprint density at radius 3 is 2.39 bits per heavy atom. The van der Waals surface area contributed by atoms with Crippen molar-refractivity contribution >= 4 is 5.91 Å². The van der Waals surface area contributed by atoms with Gasteiger partial charge in [-0.2, -0.15) is 0 Å². The van der Waals surface area contributed by atoms with E-state index < -0.39 is 22.7 Å². The number of nitrogens with zero attached hydrogens (tertiary/aromatic N) is 2. The summed E-state index contributed by atoms with van der Waals surface area (Å²) in [5.74, 6) is -0.520. The summed E-state index contributed by atoms with van der Waals surface area (Å²) >= 11 is 0. The summed E-state index contributed by atoms with van der Waals surface area (Å²) in [6.45, 7) is 0.684. The molecule has 0 aliphatic carbocycles. The van der Waals surface area contributed by atoms with Gasteiger partial charge in [0.1, 0.15) is 11.1 Å². The van der Waals surface area contributed by atoms with Gasteiger partial charge in [-0.25, -0.2) is 4.79 Å². The van der Waals surface area contributed by atoms with Crippen molar-refractivity contribution in [3.8, 4) is 0 Å². The highest BCUT2D eigenvalue weighted by molar-refractivity contribution is 5.94. The summed E-state index contributed by atoms with van der Waals surface area (Å²) in [4.78, 5) is 36.4. The van der Waals surface area contributed by atoms with Crippen LogP contribution in [0.5, 0.6) is 0 Å². The molecule has 2 heterocycles. The first-order chi connectivity index (χ1) is 10.9. The Hall–Kier alpha value is -2.67. The van der Waals surface area contributed by atoms with Gasteiger partial charge in [-0.3, -0.25) is 14.2 Å². The van der Waals surface area contributed by atoms with E-state index in [0.717, 1.165) is 10.1 Å². The predicted molar refractivity (Wildman–Crippen MR) is 83.3 cm³/mol. The highest BCUT2D eigenvalue weighted by atomic mass is 16.5. The third-order valence-corrected chi connectivity index (χ3v) is 4.07. The van der Waals surface area contributed by atoms with Gasteiger partial charge >= 0.3 is 5.69 Å². The van der Waals surface area contributed by atoms with Crippen LogP contribution in [0, 0.1) is 0 Å². The van der Waals surface area contributed by atoms with Crippen LogP contribution in [-0.2, 0) is 24.4 Å². The molecular formula is C16H17N3O4. The molecule has 1 aromatic heterocycles. The van der Waals surface area contributed by atoms with Crippen LogP contribution < -0.4 is 16.6 Å². The van der Waals surface area contributed by atoms with Crippen molar-refractivity contribution in [3.63, 3.8) is 0 Å². The van der Waals surface area contributed by atoms with Crippen LogP contribution in [0.1, 0.15) is 15.9 Å². The van der Waals surface area contributed by atoms with Crippen LogP contribution >= 0.6 is 0 Å². The lowest BCUT2D eigenvalue weighted by molar-refractivity contribution is -0.0734. The maximum absolute atomic E-state index is 12.6. The summed E-state index contributed by atoms with van der Waals surface area (Å²) < 4.78 is 7.40. The Labute approximate surface area is 132 Å². The van der Waals surface area contributed by atoms with Gasteiger partial charge < -0.3 is 14.6 Å². The average Bonchev–Trinajstić information content (AvgIpc) is 2.53. The van der Waals surface area contributed by atoms with Gasteiger partial charge in [-0.1, -0.05) is 30.3 Å². The molecule has 7 heteroatoms. The molecule has 1 aromatic carbocycles. The summed E-state index contributed by atoms with van der Waals surface area (Å²) in [5.41, 5.74) is -0.888. The summed E-state index contributed by atoms with van der Waals surface area (Å²) in [6, 6.07) is 9.46. The van der Waals surface area contributed by atoms with E-state index in [1.54, 1.807) is 0 Å². The lowest BCUT2D eigenvalue weighted by Crippen LogP contribution is -2.60. The van der Waals surface area contributed by atoms with E-state index in [2.05, 4.69) is 5.32 Å². The molecule has 0 bridgehead atoms. The number of ether oxygens (including phenoxy) is 1. The van der Waals surface area contributed by atoms with Crippen molar-refractivity contribution in [2.75, 3.05) is 13.2 Å². The number of carbonyl (C=O) groups is 1. The van der Waals surface area contributed by atoms with Gasteiger partial charge in [0.25, 0.3) is 11.5 Å². The molecule has 1 aliphatic heterocycles. The molecule has 23 heavy (non-hydrogen) atoms. The number of aromatic nitrogens is 2. The van der Waals surface area contributed by atoms with Crippen LogP contribution in [0.3, 0.4) is 0 Å². The highest BCUT2D eigenvalue weighted by Crippen LogP contribution is 2.29. The van der Waals surface area contributed by atoms with Crippen LogP contribution in [-0.4, -0.2) is 28.3 Å². The molecule has 1 aliphatic rings. The first-order valence-corrected chi connectivity index (χ1v) is 7.17. The number of benzene rings is 1. The summed E-state index contributed by atoms with van der Waals surface area (Å²) in [5, 5.41) is 2.88. The molecule has 7 nitrogen and oxygen atoms in total. The predicted octanol–water partition coefficient (Wildman–Crippen LogP) is -0.260. The van der Waals surface area contributed by atoms with E-state index in [9.17, 15) is 14.4 Å². The van der Waals surface area contributed by atoms with Crippen molar-refractivity contribution in [1.29, 1.82) is 0 Å². The van der Waals surface area contributed by atoms with Crippen molar-refractivity contribution in [1.82, 2.24) is 14.5 Å². The van der Waals surface area contributed by atoms with Crippen LogP contribution in [0.2, 0.25) is 0 Å². The van der Waals surface area contributed by atoms with Crippen LogP contribution in [0.25, 0.3) is 0 Å². The molecule has 1 saturated heterocycles.